The minimum absolute atomic E-state index is 0.000853. The summed E-state index contributed by atoms with van der Waals surface area (Å²) in [6.07, 6.45) is -0.345. The summed E-state index contributed by atoms with van der Waals surface area (Å²) < 4.78 is 16.2. The van der Waals surface area contributed by atoms with Crippen LogP contribution in [0.2, 0.25) is 10.0 Å². The smallest absolute Gasteiger partial charge is 0.340 e. The lowest BCUT2D eigenvalue weighted by Crippen LogP contribution is -2.42. The minimum Gasteiger partial charge on any atom is -0.486 e. The van der Waals surface area contributed by atoms with Crippen molar-refractivity contribution in [3.8, 4) is 11.5 Å². The van der Waals surface area contributed by atoms with Gasteiger partial charge in [0.15, 0.2) is 18.1 Å². The summed E-state index contributed by atoms with van der Waals surface area (Å²) in [5.74, 6) is -0.00903. The zero-order valence-electron chi connectivity index (χ0n) is 14.0. The lowest BCUT2D eigenvalue weighted by Gasteiger charge is -2.26. The fourth-order valence-electron chi connectivity index (χ4n) is 2.40. The van der Waals surface area contributed by atoms with Gasteiger partial charge in [0.1, 0.15) is 12.7 Å². The van der Waals surface area contributed by atoms with E-state index in [-0.39, 0.29) is 33.9 Å². The van der Waals surface area contributed by atoms with Gasteiger partial charge in [0.2, 0.25) is 0 Å². The molecule has 9 heteroatoms. The number of rotatable bonds is 5. The summed E-state index contributed by atoms with van der Waals surface area (Å²) in [5, 5.41) is 2.99. The Morgan fingerprint density at radius 3 is 2.74 bits per heavy atom. The van der Waals surface area contributed by atoms with Gasteiger partial charge in [-0.1, -0.05) is 35.3 Å². The second kappa shape index (κ2) is 8.37. The number of anilines is 1. The molecule has 1 heterocycles. The van der Waals surface area contributed by atoms with Crippen LogP contribution in [0.5, 0.6) is 11.5 Å². The van der Waals surface area contributed by atoms with Crippen LogP contribution < -0.4 is 20.5 Å². The van der Waals surface area contributed by atoms with Gasteiger partial charge in [-0.2, -0.15) is 0 Å². The van der Waals surface area contributed by atoms with Gasteiger partial charge < -0.3 is 25.3 Å². The number of hydrogen-bond acceptors (Lipinski definition) is 6. The van der Waals surface area contributed by atoms with E-state index < -0.39 is 18.5 Å². The number of nitrogens with one attached hydrogen (secondary N) is 1. The van der Waals surface area contributed by atoms with Crippen molar-refractivity contribution in [1.29, 1.82) is 0 Å². The maximum atomic E-state index is 12.1. The van der Waals surface area contributed by atoms with Crippen LogP contribution in [0.4, 0.5) is 5.69 Å². The summed E-state index contributed by atoms with van der Waals surface area (Å²) in [7, 11) is 0. The molecule has 0 spiro atoms. The molecule has 0 fully saturated rings. The van der Waals surface area contributed by atoms with Crippen LogP contribution in [0.3, 0.4) is 0 Å². The Kier molecular flexibility index (Phi) is 5.93. The molecule has 142 valence electrons. The van der Waals surface area contributed by atoms with Crippen LogP contribution in [0.1, 0.15) is 10.4 Å². The summed E-state index contributed by atoms with van der Waals surface area (Å²) >= 11 is 11.7. The van der Waals surface area contributed by atoms with Gasteiger partial charge >= 0.3 is 5.97 Å². The molecule has 3 N–H and O–H groups in total. The summed E-state index contributed by atoms with van der Waals surface area (Å²) in [6, 6.07) is 10.00. The first-order valence-electron chi connectivity index (χ1n) is 8.01. The first kappa shape index (κ1) is 19.1. The van der Waals surface area contributed by atoms with Crippen molar-refractivity contribution in [1.82, 2.24) is 5.32 Å². The molecule has 0 saturated carbocycles. The van der Waals surface area contributed by atoms with Crippen molar-refractivity contribution in [3.63, 3.8) is 0 Å². The number of fused-ring (bicyclic) bond motifs is 1. The number of amides is 1. The first-order chi connectivity index (χ1) is 12.9. The van der Waals surface area contributed by atoms with Crippen LogP contribution in [-0.2, 0) is 9.53 Å². The number of carbonyl (C=O) groups excluding carboxylic acids is 2. The number of halogens is 2. The molecule has 2 aromatic rings. The van der Waals surface area contributed by atoms with Crippen LogP contribution in [0.25, 0.3) is 0 Å². The van der Waals surface area contributed by atoms with Gasteiger partial charge in [-0.05, 0) is 24.3 Å². The monoisotopic (exact) mass is 410 g/mol. The maximum absolute atomic E-state index is 12.1. The molecular formula is C18H16Cl2N2O5. The van der Waals surface area contributed by atoms with E-state index in [1.54, 1.807) is 12.1 Å². The van der Waals surface area contributed by atoms with Crippen molar-refractivity contribution in [2.75, 3.05) is 25.5 Å². The number of para-hydroxylation sites is 2. The van der Waals surface area contributed by atoms with Gasteiger partial charge in [0, 0.05) is 5.02 Å². The quantitative estimate of drug-likeness (QED) is 0.580. The lowest BCUT2D eigenvalue weighted by molar-refractivity contribution is -0.124. The molecule has 0 saturated heterocycles. The van der Waals surface area contributed by atoms with Gasteiger partial charge in [-0.15, -0.1) is 0 Å². The van der Waals surface area contributed by atoms with E-state index in [0.29, 0.717) is 18.1 Å². The third-order valence-electron chi connectivity index (χ3n) is 3.74. The van der Waals surface area contributed by atoms with Crippen molar-refractivity contribution in [2.24, 2.45) is 0 Å². The number of hydrogen-bond donors (Lipinski definition) is 2. The van der Waals surface area contributed by atoms with E-state index in [2.05, 4.69) is 5.32 Å². The molecule has 1 amide bonds. The minimum atomic E-state index is -0.793. The topological polar surface area (TPSA) is 99.9 Å². The highest BCUT2D eigenvalue weighted by Gasteiger charge is 2.22. The van der Waals surface area contributed by atoms with Gasteiger partial charge in [-0.25, -0.2) is 4.79 Å². The van der Waals surface area contributed by atoms with Crippen LogP contribution in [-0.4, -0.2) is 37.7 Å². The molecule has 0 aromatic heterocycles. The Bertz CT molecular complexity index is 875. The third kappa shape index (κ3) is 4.75. The van der Waals surface area contributed by atoms with Crippen LogP contribution in [0, 0.1) is 0 Å². The summed E-state index contributed by atoms with van der Waals surface area (Å²) in [5.41, 5.74) is 5.77. The van der Waals surface area contributed by atoms with E-state index in [9.17, 15) is 9.59 Å². The predicted molar refractivity (Wildman–Crippen MR) is 101 cm³/mol. The van der Waals surface area contributed by atoms with E-state index >= 15 is 0 Å². The standard InChI is InChI=1S/C18H16Cl2N2O5/c19-10-5-12(17(21)13(20)6-10)18(24)26-9-16(23)22-7-11-8-25-14-3-1-2-4-15(14)27-11/h1-6,11H,7-9,21H2,(H,22,23)/t11-/m1/s1. The Morgan fingerprint density at radius 1 is 1.22 bits per heavy atom. The summed E-state index contributed by atoms with van der Waals surface area (Å²) in [4.78, 5) is 24.0. The normalized spacial score (nSPS) is 15.1. The second-order valence-electron chi connectivity index (χ2n) is 5.73. The van der Waals surface area contributed by atoms with Crippen molar-refractivity contribution < 1.29 is 23.8 Å². The number of benzene rings is 2. The molecule has 1 atom stereocenters. The molecule has 2 aromatic carbocycles. The largest absolute Gasteiger partial charge is 0.486 e. The van der Waals surface area contributed by atoms with Gasteiger partial charge in [0.25, 0.3) is 5.91 Å². The molecule has 0 unspecified atom stereocenters. The Morgan fingerprint density at radius 2 is 1.96 bits per heavy atom. The molecule has 27 heavy (non-hydrogen) atoms. The number of nitrogens with two attached hydrogens (primary N) is 1. The fraction of sp³-hybridized carbons (Fsp3) is 0.222. The molecular weight excluding hydrogens is 395 g/mol. The number of carbonyl (C=O) groups is 2. The molecule has 1 aliphatic heterocycles. The average Bonchev–Trinajstić information content (AvgIpc) is 2.67. The number of ether oxygens (including phenoxy) is 3. The lowest BCUT2D eigenvalue weighted by atomic mass is 10.2. The third-order valence-corrected chi connectivity index (χ3v) is 4.27. The Balaban J connectivity index is 1.47. The Labute approximate surface area is 165 Å². The molecule has 1 aliphatic rings. The number of esters is 1. The van der Waals surface area contributed by atoms with E-state index in [1.807, 2.05) is 12.1 Å². The molecule has 0 aliphatic carbocycles. The average molecular weight is 411 g/mol. The molecule has 3 rings (SSSR count). The van der Waals surface area contributed by atoms with E-state index in [0.717, 1.165) is 0 Å². The van der Waals surface area contributed by atoms with Gasteiger partial charge in [0.05, 0.1) is 22.8 Å². The SMILES string of the molecule is Nc1c(Cl)cc(Cl)cc1C(=O)OCC(=O)NC[C@@H]1COc2ccccc2O1. The first-order valence-corrected chi connectivity index (χ1v) is 8.76. The molecule has 7 nitrogen and oxygen atoms in total. The zero-order valence-corrected chi connectivity index (χ0v) is 15.5. The molecule has 0 bridgehead atoms. The second-order valence-corrected chi connectivity index (χ2v) is 6.57. The highest BCUT2D eigenvalue weighted by Crippen LogP contribution is 2.30. The van der Waals surface area contributed by atoms with Crippen molar-refractivity contribution >= 4 is 40.8 Å². The maximum Gasteiger partial charge on any atom is 0.340 e. The van der Waals surface area contributed by atoms with E-state index in [4.69, 9.17) is 43.1 Å². The van der Waals surface area contributed by atoms with Crippen molar-refractivity contribution in [2.45, 2.75) is 6.10 Å². The molecule has 0 radical (unpaired) electrons. The van der Waals surface area contributed by atoms with Crippen LogP contribution in [0.15, 0.2) is 36.4 Å². The highest BCUT2D eigenvalue weighted by atomic mass is 35.5. The van der Waals surface area contributed by atoms with Crippen LogP contribution >= 0.6 is 23.2 Å². The van der Waals surface area contributed by atoms with Crippen molar-refractivity contribution in [3.05, 3.63) is 52.0 Å². The Hall–Kier alpha value is -2.64. The van der Waals surface area contributed by atoms with E-state index in [1.165, 1.54) is 12.1 Å². The zero-order chi connectivity index (χ0) is 19.4. The number of nitrogen functional groups attached to an aromatic ring is 1. The summed E-state index contributed by atoms with van der Waals surface area (Å²) in [6.45, 7) is 0.0248. The highest BCUT2D eigenvalue weighted by molar-refractivity contribution is 6.37. The van der Waals surface area contributed by atoms with Gasteiger partial charge in [-0.3, -0.25) is 4.79 Å². The predicted octanol–water partition coefficient (Wildman–Crippen LogP) is 2.69. The fourth-order valence-corrected chi connectivity index (χ4v) is 2.90.